The minimum atomic E-state index is 0.378. The number of likely N-dealkylation sites (tertiary alicyclic amines) is 1. The van der Waals surface area contributed by atoms with Crippen LogP contribution in [0.2, 0.25) is 0 Å². The summed E-state index contributed by atoms with van der Waals surface area (Å²) in [7, 11) is 0. The highest BCUT2D eigenvalue weighted by Crippen LogP contribution is 2.19. The molecule has 1 aromatic rings. The van der Waals surface area contributed by atoms with E-state index in [1.165, 1.54) is 12.1 Å². The highest BCUT2D eigenvalue weighted by molar-refractivity contribution is 5.16. The molecule has 2 heteroatoms. The van der Waals surface area contributed by atoms with Crippen molar-refractivity contribution in [1.82, 2.24) is 4.90 Å². The van der Waals surface area contributed by atoms with E-state index < -0.39 is 0 Å². The van der Waals surface area contributed by atoms with Gasteiger partial charge in [-0.25, -0.2) is 0 Å². The number of nitrogens with two attached hydrogens (primary N) is 1. The fraction of sp³-hybridized carbons (Fsp3) is 0.571. The molecule has 1 aromatic carbocycles. The van der Waals surface area contributed by atoms with E-state index >= 15 is 0 Å². The highest BCUT2D eigenvalue weighted by atomic mass is 15.1. The maximum absolute atomic E-state index is 6.22. The Morgan fingerprint density at radius 2 is 2.06 bits per heavy atom. The van der Waals surface area contributed by atoms with Gasteiger partial charge in [-0.05, 0) is 37.4 Å². The predicted molar refractivity (Wildman–Crippen MR) is 68.3 cm³/mol. The van der Waals surface area contributed by atoms with Gasteiger partial charge in [-0.3, -0.25) is 0 Å². The van der Waals surface area contributed by atoms with E-state index in [9.17, 15) is 0 Å². The Balaban J connectivity index is 1.97. The maximum Gasteiger partial charge on any atom is 0.00947 e. The van der Waals surface area contributed by atoms with Gasteiger partial charge in [0.05, 0.1) is 0 Å². The van der Waals surface area contributed by atoms with Gasteiger partial charge in [0.2, 0.25) is 0 Å². The number of nitrogens with zero attached hydrogens (tertiary/aromatic N) is 1. The summed E-state index contributed by atoms with van der Waals surface area (Å²) in [6, 6.07) is 11.1. The van der Waals surface area contributed by atoms with Gasteiger partial charge in [0.15, 0.2) is 0 Å². The normalized spacial score (nSPS) is 26.9. The van der Waals surface area contributed by atoms with Crippen LogP contribution in [-0.2, 0) is 6.42 Å². The summed E-state index contributed by atoms with van der Waals surface area (Å²) in [4.78, 5) is 2.51. The number of benzene rings is 1. The molecule has 16 heavy (non-hydrogen) atoms. The van der Waals surface area contributed by atoms with E-state index in [2.05, 4.69) is 42.2 Å². The Morgan fingerprint density at radius 3 is 2.75 bits per heavy atom. The molecule has 2 N–H and O–H groups in total. The minimum absolute atomic E-state index is 0.378. The van der Waals surface area contributed by atoms with Crippen molar-refractivity contribution in [2.24, 2.45) is 11.7 Å². The first kappa shape index (κ1) is 11.6. The summed E-state index contributed by atoms with van der Waals surface area (Å²) in [5.41, 5.74) is 7.63. The van der Waals surface area contributed by atoms with Crippen LogP contribution in [0.1, 0.15) is 18.9 Å². The molecule has 1 aliphatic rings. The summed E-state index contributed by atoms with van der Waals surface area (Å²) in [5.74, 6) is 0.621. The van der Waals surface area contributed by atoms with Gasteiger partial charge in [0.1, 0.15) is 0 Å². The first-order valence-electron chi connectivity index (χ1n) is 6.31. The lowest BCUT2D eigenvalue weighted by molar-refractivity contribution is 0.161. The third-order valence-corrected chi connectivity index (χ3v) is 3.66. The monoisotopic (exact) mass is 218 g/mol. The van der Waals surface area contributed by atoms with Crippen molar-refractivity contribution in [3.8, 4) is 0 Å². The molecule has 0 spiro atoms. The minimum Gasteiger partial charge on any atom is -0.327 e. The summed E-state index contributed by atoms with van der Waals surface area (Å²) in [6.45, 7) is 5.71. The van der Waals surface area contributed by atoms with Crippen molar-refractivity contribution in [3.05, 3.63) is 35.9 Å². The average Bonchev–Trinajstić information content (AvgIpc) is 2.33. The molecule has 2 nitrogen and oxygen atoms in total. The van der Waals surface area contributed by atoms with Crippen molar-refractivity contribution in [1.29, 1.82) is 0 Å². The smallest absolute Gasteiger partial charge is 0.00947 e. The quantitative estimate of drug-likeness (QED) is 0.839. The van der Waals surface area contributed by atoms with Crippen molar-refractivity contribution in [2.45, 2.75) is 25.8 Å². The molecule has 1 heterocycles. The van der Waals surface area contributed by atoms with Gasteiger partial charge in [-0.1, -0.05) is 37.3 Å². The topological polar surface area (TPSA) is 29.3 Å². The fourth-order valence-corrected chi connectivity index (χ4v) is 2.55. The molecule has 0 bridgehead atoms. The van der Waals surface area contributed by atoms with Crippen LogP contribution in [0.25, 0.3) is 0 Å². The van der Waals surface area contributed by atoms with Crippen LogP contribution in [0.4, 0.5) is 0 Å². The zero-order chi connectivity index (χ0) is 11.4. The largest absolute Gasteiger partial charge is 0.327 e. The molecular formula is C14H22N2. The third-order valence-electron chi connectivity index (χ3n) is 3.66. The van der Waals surface area contributed by atoms with E-state index in [4.69, 9.17) is 5.73 Å². The van der Waals surface area contributed by atoms with Crippen molar-refractivity contribution in [2.75, 3.05) is 19.6 Å². The lowest BCUT2D eigenvalue weighted by Crippen LogP contribution is -2.47. The fourth-order valence-electron chi connectivity index (χ4n) is 2.55. The number of hydrogen-bond donors (Lipinski definition) is 1. The van der Waals surface area contributed by atoms with Crippen LogP contribution in [-0.4, -0.2) is 30.6 Å². The van der Waals surface area contributed by atoms with E-state index in [-0.39, 0.29) is 0 Å². The Bertz CT molecular complexity index is 310. The molecule has 0 radical (unpaired) electrons. The third kappa shape index (κ3) is 2.83. The van der Waals surface area contributed by atoms with Gasteiger partial charge < -0.3 is 10.6 Å². The molecule has 88 valence electrons. The molecular weight excluding hydrogens is 196 g/mol. The summed E-state index contributed by atoms with van der Waals surface area (Å²) in [6.07, 6.45) is 2.27. The molecule has 2 rings (SSSR count). The summed E-state index contributed by atoms with van der Waals surface area (Å²) >= 11 is 0. The second kappa shape index (κ2) is 5.46. The SMILES string of the molecule is CCN1CC[C@H](N)[C@H](Cc2ccccc2)C1. The van der Waals surface area contributed by atoms with Crippen molar-refractivity contribution >= 4 is 0 Å². The Morgan fingerprint density at radius 1 is 1.31 bits per heavy atom. The van der Waals surface area contributed by atoms with Gasteiger partial charge >= 0.3 is 0 Å². The van der Waals surface area contributed by atoms with E-state index in [0.717, 1.165) is 25.9 Å². The van der Waals surface area contributed by atoms with Crippen LogP contribution >= 0.6 is 0 Å². The standard InChI is InChI=1S/C14H22N2/c1-2-16-9-8-14(15)13(11-16)10-12-6-4-3-5-7-12/h3-7,13-14H,2,8-11,15H2,1H3/t13-,14+/m1/s1. The first-order valence-corrected chi connectivity index (χ1v) is 6.31. The number of piperidine rings is 1. The molecule has 1 fully saturated rings. The Labute approximate surface area is 98.4 Å². The zero-order valence-electron chi connectivity index (χ0n) is 10.1. The predicted octanol–water partition coefficient (Wildman–Crippen LogP) is 1.90. The zero-order valence-corrected chi connectivity index (χ0v) is 10.1. The maximum atomic E-state index is 6.22. The molecule has 0 aromatic heterocycles. The van der Waals surface area contributed by atoms with Crippen LogP contribution < -0.4 is 5.73 Å². The number of rotatable bonds is 3. The molecule has 0 amide bonds. The first-order chi connectivity index (χ1) is 7.79. The lowest BCUT2D eigenvalue weighted by atomic mass is 9.87. The van der Waals surface area contributed by atoms with E-state index in [1.807, 2.05) is 0 Å². The second-order valence-electron chi connectivity index (χ2n) is 4.80. The van der Waals surface area contributed by atoms with Gasteiger partial charge in [-0.2, -0.15) is 0 Å². The van der Waals surface area contributed by atoms with Gasteiger partial charge in [0, 0.05) is 12.6 Å². The molecule has 2 atom stereocenters. The molecule has 0 saturated carbocycles. The Kier molecular flexibility index (Phi) is 3.97. The summed E-state index contributed by atoms with van der Waals surface area (Å²) in [5, 5.41) is 0. The highest BCUT2D eigenvalue weighted by Gasteiger charge is 2.25. The molecule has 1 saturated heterocycles. The van der Waals surface area contributed by atoms with Crippen LogP contribution in [0.5, 0.6) is 0 Å². The van der Waals surface area contributed by atoms with Gasteiger partial charge in [-0.15, -0.1) is 0 Å². The van der Waals surface area contributed by atoms with Gasteiger partial charge in [0.25, 0.3) is 0 Å². The second-order valence-corrected chi connectivity index (χ2v) is 4.80. The van der Waals surface area contributed by atoms with Crippen molar-refractivity contribution in [3.63, 3.8) is 0 Å². The van der Waals surface area contributed by atoms with Crippen LogP contribution in [0.15, 0.2) is 30.3 Å². The van der Waals surface area contributed by atoms with Crippen LogP contribution in [0.3, 0.4) is 0 Å². The number of hydrogen-bond acceptors (Lipinski definition) is 2. The average molecular weight is 218 g/mol. The van der Waals surface area contributed by atoms with Crippen molar-refractivity contribution < 1.29 is 0 Å². The molecule has 0 aliphatic carbocycles. The molecule has 0 unspecified atom stereocenters. The van der Waals surface area contributed by atoms with E-state index in [0.29, 0.717) is 12.0 Å². The van der Waals surface area contributed by atoms with Crippen LogP contribution in [0, 0.1) is 5.92 Å². The lowest BCUT2D eigenvalue weighted by Gasteiger charge is -2.36. The Hall–Kier alpha value is -0.860. The van der Waals surface area contributed by atoms with E-state index in [1.54, 1.807) is 0 Å². The molecule has 1 aliphatic heterocycles. The summed E-state index contributed by atoms with van der Waals surface area (Å²) < 4.78 is 0.